The fourth-order valence-corrected chi connectivity index (χ4v) is 3.30. The van der Waals surface area contributed by atoms with Crippen LogP contribution in [0.25, 0.3) is 0 Å². The molecule has 0 saturated heterocycles. The maximum absolute atomic E-state index is 12.7. The third-order valence-corrected chi connectivity index (χ3v) is 7.09. The highest BCUT2D eigenvalue weighted by molar-refractivity contribution is 5.77. The van der Waals surface area contributed by atoms with Gasteiger partial charge in [0, 0.05) is 12.8 Å². The van der Waals surface area contributed by atoms with Crippen LogP contribution in [0.5, 0.6) is 11.5 Å². The van der Waals surface area contributed by atoms with E-state index in [4.69, 9.17) is 29.4 Å². The van der Waals surface area contributed by atoms with Crippen molar-refractivity contribution >= 4 is 24.1 Å². The molecule has 2 N–H and O–H groups in total. The van der Waals surface area contributed by atoms with E-state index in [1.807, 2.05) is 34.6 Å². The third kappa shape index (κ3) is 13.4. The molecule has 0 aliphatic rings. The lowest BCUT2D eigenvalue weighted by molar-refractivity contribution is -0.156. The van der Waals surface area contributed by atoms with Crippen LogP contribution in [0.15, 0.2) is 18.2 Å². The lowest BCUT2D eigenvalue weighted by Crippen LogP contribution is -2.40. The van der Waals surface area contributed by atoms with Crippen LogP contribution in [0, 0.1) is 11.8 Å². The van der Waals surface area contributed by atoms with E-state index >= 15 is 0 Å². The Morgan fingerprint density at radius 3 is 1.83 bits per heavy atom. The van der Waals surface area contributed by atoms with Crippen LogP contribution in [0.3, 0.4) is 0 Å². The molecule has 0 fully saturated rings. The predicted molar refractivity (Wildman–Crippen MR) is 154 cm³/mol. The second-order valence-corrected chi connectivity index (χ2v) is 11.4. The first-order chi connectivity index (χ1) is 19.1. The maximum Gasteiger partial charge on any atom is 0.509 e. The highest BCUT2D eigenvalue weighted by Gasteiger charge is 2.28. The third-order valence-electron chi connectivity index (χ3n) is 7.09. The summed E-state index contributed by atoms with van der Waals surface area (Å²) < 4.78 is 27.0. The molecular weight excluding hydrogens is 530 g/mol. The van der Waals surface area contributed by atoms with Gasteiger partial charge < -0.3 is 29.4 Å². The summed E-state index contributed by atoms with van der Waals surface area (Å²) in [5.41, 5.74) is 6.02. The van der Waals surface area contributed by atoms with Crippen LogP contribution < -0.4 is 15.2 Å². The summed E-state index contributed by atoms with van der Waals surface area (Å²) in [5.74, 6) is -1.12. The standard InChI is InChI=1S/C31H49NO9/c1-10-19(4)15-27(33)39-25-14-13-23(18-26(25)40-28(34)16-20(5)11-2)17-24(32)29(35)37-21(6)22(7)38-30(36)41-31(8,9)12-3/h13-14,18-22,24H,10-12,15-17,32H2,1-9H3/t19?,20?,21-,22-,24-/m0/s1. The van der Waals surface area contributed by atoms with Crippen LogP contribution in [0.1, 0.15) is 100.0 Å². The quantitative estimate of drug-likeness (QED) is 0.186. The summed E-state index contributed by atoms with van der Waals surface area (Å²) in [6.07, 6.45) is 0.324. The molecule has 232 valence electrons. The molecule has 0 spiro atoms. The van der Waals surface area contributed by atoms with Crippen molar-refractivity contribution in [3.8, 4) is 11.5 Å². The average molecular weight is 580 g/mol. The van der Waals surface area contributed by atoms with Crippen molar-refractivity contribution in [3.63, 3.8) is 0 Å². The van der Waals surface area contributed by atoms with E-state index in [1.54, 1.807) is 33.8 Å². The minimum atomic E-state index is -1.06. The summed E-state index contributed by atoms with van der Waals surface area (Å²) >= 11 is 0. The molecule has 5 atom stereocenters. The first kappa shape index (κ1) is 35.9. The van der Waals surface area contributed by atoms with Crippen LogP contribution in [-0.2, 0) is 35.0 Å². The van der Waals surface area contributed by atoms with Crippen molar-refractivity contribution in [2.24, 2.45) is 17.6 Å². The van der Waals surface area contributed by atoms with Gasteiger partial charge in [0.05, 0.1) is 0 Å². The Bertz CT molecular complexity index is 1020. The lowest BCUT2D eigenvalue weighted by Gasteiger charge is -2.26. The van der Waals surface area contributed by atoms with Crippen molar-refractivity contribution in [2.75, 3.05) is 0 Å². The number of hydrogen-bond acceptors (Lipinski definition) is 10. The van der Waals surface area contributed by atoms with Gasteiger partial charge in [-0.1, -0.05) is 53.5 Å². The molecular formula is C31H49NO9. The molecule has 10 heteroatoms. The Morgan fingerprint density at radius 1 is 0.805 bits per heavy atom. The summed E-state index contributed by atoms with van der Waals surface area (Å²) in [4.78, 5) is 49.7. The highest BCUT2D eigenvalue weighted by Crippen LogP contribution is 2.31. The number of rotatable bonds is 16. The Hall–Kier alpha value is -3.14. The minimum Gasteiger partial charge on any atom is -0.458 e. The zero-order chi connectivity index (χ0) is 31.3. The SMILES string of the molecule is CCC(C)CC(=O)Oc1ccc(C[C@H](N)C(=O)O[C@@H](C)[C@H](C)OC(=O)OC(C)(C)CC)cc1OC(=O)CC(C)CC. The number of hydrogen-bond donors (Lipinski definition) is 1. The van der Waals surface area contributed by atoms with E-state index < -0.39 is 47.9 Å². The molecule has 0 radical (unpaired) electrons. The number of carbonyl (C=O) groups is 4. The van der Waals surface area contributed by atoms with Crippen LogP contribution >= 0.6 is 0 Å². The van der Waals surface area contributed by atoms with E-state index in [0.717, 1.165) is 12.8 Å². The van der Waals surface area contributed by atoms with Gasteiger partial charge in [-0.15, -0.1) is 0 Å². The normalized spacial score (nSPS) is 15.1. The molecule has 41 heavy (non-hydrogen) atoms. The van der Waals surface area contributed by atoms with Crippen molar-refractivity contribution in [1.82, 2.24) is 0 Å². The number of ether oxygens (including phenoxy) is 5. The second kappa shape index (κ2) is 17.0. The molecule has 2 unspecified atom stereocenters. The molecule has 1 rings (SSSR count). The van der Waals surface area contributed by atoms with Crippen molar-refractivity contribution in [2.45, 2.75) is 125 Å². The predicted octanol–water partition coefficient (Wildman–Crippen LogP) is 5.90. The molecule has 0 aliphatic heterocycles. The average Bonchev–Trinajstić information content (AvgIpc) is 2.89. The van der Waals surface area contributed by atoms with E-state index in [9.17, 15) is 19.2 Å². The number of nitrogens with two attached hydrogens (primary N) is 1. The Balaban J connectivity index is 2.93. The monoisotopic (exact) mass is 579 g/mol. The van der Waals surface area contributed by atoms with Crippen LogP contribution in [0.2, 0.25) is 0 Å². The van der Waals surface area contributed by atoms with Gasteiger partial charge in [-0.3, -0.25) is 14.4 Å². The fraction of sp³-hybridized carbons (Fsp3) is 0.677. The molecule has 0 saturated carbocycles. The Morgan fingerprint density at radius 2 is 1.32 bits per heavy atom. The van der Waals surface area contributed by atoms with Crippen molar-refractivity contribution in [3.05, 3.63) is 23.8 Å². The van der Waals surface area contributed by atoms with E-state index in [1.165, 1.54) is 12.1 Å². The summed E-state index contributed by atoms with van der Waals surface area (Å²) in [6.45, 7) is 16.5. The van der Waals surface area contributed by atoms with Crippen molar-refractivity contribution in [1.29, 1.82) is 0 Å². The minimum absolute atomic E-state index is 0.0601. The number of benzene rings is 1. The molecule has 10 nitrogen and oxygen atoms in total. The second-order valence-electron chi connectivity index (χ2n) is 11.4. The van der Waals surface area contributed by atoms with E-state index in [0.29, 0.717) is 12.0 Å². The maximum atomic E-state index is 12.7. The molecule has 1 aromatic rings. The molecule has 1 aromatic carbocycles. The Kier molecular flexibility index (Phi) is 14.8. The van der Waals surface area contributed by atoms with Gasteiger partial charge >= 0.3 is 24.1 Å². The van der Waals surface area contributed by atoms with Gasteiger partial charge in [-0.05, 0) is 70.1 Å². The molecule has 0 aromatic heterocycles. The highest BCUT2D eigenvalue weighted by atomic mass is 16.7. The summed E-state index contributed by atoms with van der Waals surface area (Å²) in [6, 6.07) is 3.65. The molecule has 0 amide bonds. The first-order valence-electron chi connectivity index (χ1n) is 14.5. The fourth-order valence-electron chi connectivity index (χ4n) is 3.30. The lowest BCUT2D eigenvalue weighted by atomic mass is 10.0. The van der Waals surface area contributed by atoms with Gasteiger partial charge in [0.15, 0.2) is 11.5 Å². The number of esters is 3. The van der Waals surface area contributed by atoms with Gasteiger partial charge in [-0.25, -0.2) is 4.79 Å². The van der Waals surface area contributed by atoms with Crippen molar-refractivity contribution < 1.29 is 42.9 Å². The Labute approximate surface area is 244 Å². The molecule has 0 heterocycles. The van der Waals surface area contributed by atoms with Gasteiger partial charge in [0.1, 0.15) is 23.9 Å². The van der Waals surface area contributed by atoms with Crippen LogP contribution in [0.4, 0.5) is 4.79 Å². The smallest absolute Gasteiger partial charge is 0.458 e. The van der Waals surface area contributed by atoms with E-state index in [-0.39, 0.29) is 42.6 Å². The topological polar surface area (TPSA) is 140 Å². The molecule has 0 bridgehead atoms. The zero-order valence-electron chi connectivity index (χ0n) is 26.1. The first-order valence-corrected chi connectivity index (χ1v) is 14.5. The number of carbonyl (C=O) groups excluding carboxylic acids is 4. The van der Waals surface area contributed by atoms with Gasteiger partial charge in [0.2, 0.25) is 0 Å². The summed E-state index contributed by atoms with van der Waals surface area (Å²) in [7, 11) is 0. The van der Waals surface area contributed by atoms with Gasteiger partial charge in [-0.2, -0.15) is 0 Å². The largest absolute Gasteiger partial charge is 0.509 e. The summed E-state index contributed by atoms with van der Waals surface area (Å²) in [5, 5.41) is 0. The zero-order valence-corrected chi connectivity index (χ0v) is 26.1. The van der Waals surface area contributed by atoms with Crippen LogP contribution in [-0.4, -0.2) is 47.9 Å². The van der Waals surface area contributed by atoms with E-state index in [2.05, 4.69) is 0 Å². The molecule has 0 aliphatic carbocycles. The van der Waals surface area contributed by atoms with Gasteiger partial charge in [0.25, 0.3) is 0 Å².